The van der Waals surface area contributed by atoms with Gasteiger partial charge in [0.15, 0.2) is 5.11 Å². The Bertz CT molecular complexity index is 1410. The van der Waals surface area contributed by atoms with Crippen LogP contribution in [-0.4, -0.2) is 34.1 Å². The smallest absolute Gasteiger partial charge is 0.226 e. The zero-order valence-electron chi connectivity index (χ0n) is 20.8. The van der Waals surface area contributed by atoms with Crippen molar-refractivity contribution in [2.75, 3.05) is 18.5 Å². The molecule has 0 saturated carbocycles. The molecule has 1 saturated heterocycles. The lowest BCUT2D eigenvalue weighted by atomic mass is 10.0. The molecule has 0 radical (unpaired) electrons. The molecule has 38 heavy (non-hydrogen) atoms. The third-order valence-electron chi connectivity index (χ3n) is 6.29. The highest BCUT2D eigenvalue weighted by Crippen LogP contribution is 2.40. The van der Waals surface area contributed by atoms with E-state index in [1.807, 2.05) is 66.4 Å². The second-order valence-electron chi connectivity index (χ2n) is 8.76. The van der Waals surface area contributed by atoms with E-state index < -0.39 is 5.82 Å². The number of anilines is 1. The van der Waals surface area contributed by atoms with Crippen molar-refractivity contribution in [3.63, 3.8) is 0 Å². The minimum Gasteiger partial charge on any atom is -0.494 e. The molecule has 2 N–H and O–H groups in total. The molecule has 1 fully saturated rings. The zero-order valence-corrected chi connectivity index (χ0v) is 21.6. The largest absolute Gasteiger partial charge is 0.494 e. The van der Waals surface area contributed by atoms with Crippen molar-refractivity contribution < 1.29 is 18.3 Å². The Morgan fingerprint density at radius 3 is 2.63 bits per heavy atom. The number of ether oxygens (including phenoxy) is 1. The Kier molecular flexibility index (Phi) is 7.65. The summed E-state index contributed by atoms with van der Waals surface area (Å²) in [5.41, 5.74) is 1.86. The first-order valence-corrected chi connectivity index (χ1v) is 12.8. The van der Waals surface area contributed by atoms with Crippen molar-refractivity contribution in [1.29, 1.82) is 0 Å². The molecule has 3 heterocycles. The SMILES string of the molecule is CCOc1ccc(-c2ccc(C3C(c4ccccn4)NC(=S)N3CCC(=O)Nc3ccccc3F)o2)cc1. The second kappa shape index (κ2) is 11.4. The summed E-state index contributed by atoms with van der Waals surface area (Å²) in [6.07, 6.45) is 1.84. The van der Waals surface area contributed by atoms with Gasteiger partial charge in [0, 0.05) is 24.7 Å². The number of benzene rings is 2. The van der Waals surface area contributed by atoms with E-state index in [1.165, 1.54) is 12.1 Å². The first-order chi connectivity index (χ1) is 18.5. The topological polar surface area (TPSA) is 79.6 Å². The van der Waals surface area contributed by atoms with E-state index in [0.29, 0.717) is 29.8 Å². The van der Waals surface area contributed by atoms with Crippen LogP contribution in [0.1, 0.15) is 36.9 Å². The Hall–Kier alpha value is -4.24. The van der Waals surface area contributed by atoms with Crippen LogP contribution in [0.4, 0.5) is 10.1 Å². The predicted molar refractivity (Wildman–Crippen MR) is 147 cm³/mol. The summed E-state index contributed by atoms with van der Waals surface area (Å²) in [5, 5.41) is 6.47. The van der Waals surface area contributed by atoms with Crippen LogP contribution in [0.25, 0.3) is 11.3 Å². The first kappa shape index (κ1) is 25.4. The number of nitrogens with zero attached hydrogens (tertiary/aromatic N) is 2. The van der Waals surface area contributed by atoms with Crippen LogP contribution < -0.4 is 15.4 Å². The third kappa shape index (κ3) is 5.52. The molecule has 2 atom stereocenters. The van der Waals surface area contributed by atoms with Gasteiger partial charge in [0.25, 0.3) is 0 Å². The Morgan fingerprint density at radius 2 is 1.89 bits per heavy atom. The summed E-state index contributed by atoms with van der Waals surface area (Å²) >= 11 is 5.68. The standard InChI is InChI=1S/C29H27FN4O3S/c1-2-36-20-12-10-19(11-13-20)24-14-15-25(37-24)28-27(23-9-5-6-17-31-23)33-29(38)34(28)18-16-26(35)32-22-8-4-3-7-21(22)30/h3-15,17,27-28H,2,16,18H2,1H3,(H,32,35)(H,33,38). The van der Waals surface area contributed by atoms with E-state index in [0.717, 1.165) is 17.0 Å². The molecule has 0 aliphatic carbocycles. The van der Waals surface area contributed by atoms with Gasteiger partial charge in [-0.05, 0) is 79.8 Å². The van der Waals surface area contributed by atoms with Crippen molar-refractivity contribution in [2.45, 2.75) is 25.4 Å². The van der Waals surface area contributed by atoms with E-state index in [4.69, 9.17) is 21.4 Å². The Morgan fingerprint density at radius 1 is 1.11 bits per heavy atom. The summed E-state index contributed by atoms with van der Waals surface area (Å²) in [5.74, 6) is 1.39. The maximum absolute atomic E-state index is 14.0. The number of nitrogens with one attached hydrogen (secondary N) is 2. The summed E-state index contributed by atoms with van der Waals surface area (Å²) in [6.45, 7) is 2.85. The molecule has 9 heteroatoms. The molecular weight excluding hydrogens is 503 g/mol. The average molecular weight is 531 g/mol. The summed E-state index contributed by atoms with van der Waals surface area (Å²) in [6, 6.07) is 22.7. The number of furan rings is 1. The molecular formula is C29H27FN4O3S. The summed E-state index contributed by atoms with van der Waals surface area (Å²) in [7, 11) is 0. The number of pyridine rings is 1. The van der Waals surface area contributed by atoms with Gasteiger partial charge in [0.05, 0.1) is 24.0 Å². The highest BCUT2D eigenvalue weighted by atomic mass is 32.1. The van der Waals surface area contributed by atoms with Crippen molar-refractivity contribution in [2.24, 2.45) is 0 Å². The first-order valence-electron chi connectivity index (χ1n) is 12.4. The normalized spacial score (nSPS) is 16.8. The number of hydrogen-bond acceptors (Lipinski definition) is 5. The van der Waals surface area contributed by atoms with Crippen LogP contribution in [0, 0.1) is 5.82 Å². The van der Waals surface area contributed by atoms with Gasteiger partial charge in [-0.15, -0.1) is 0 Å². The number of amides is 1. The number of carbonyl (C=O) groups is 1. The minimum absolute atomic E-state index is 0.105. The van der Waals surface area contributed by atoms with Crippen LogP contribution >= 0.6 is 12.2 Å². The summed E-state index contributed by atoms with van der Waals surface area (Å²) in [4.78, 5) is 19.1. The monoisotopic (exact) mass is 530 g/mol. The fraction of sp³-hybridized carbons (Fsp3) is 0.207. The van der Waals surface area contributed by atoms with E-state index in [2.05, 4.69) is 15.6 Å². The lowest BCUT2D eigenvalue weighted by molar-refractivity contribution is -0.116. The molecule has 4 aromatic rings. The number of aromatic nitrogens is 1. The van der Waals surface area contributed by atoms with Gasteiger partial charge >= 0.3 is 0 Å². The number of thiocarbonyl (C=S) groups is 1. The number of para-hydroxylation sites is 1. The molecule has 2 unspecified atom stereocenters. The van der Waals surface area contributed by atoms with Crippen LogP contribution in [0.2, 0.25) is 0 Å². The number of hydrogen-bond donors (Lipinski definition) is 2. The van der Waals surface area contributed by atoms with Gasteiger partial charge < -0.3 is 24.7 Å². The molecule has 0 bridgehead atoms. The Labute approximate surface area is 225 Å². The predicted octanol–water partition coefficient (Wildman–Crippen LogP) is 5.88. The molecule has 5 rings (SSSR count). The van der Waals surface area contributed by atoms with E-state index in [-0.39, 0.29) is 30.1 Å². The van der Waals surface area contributed by atoms with Gasteiger partial charge in [-0.1, -0.05) is 18.2 Å². The van der Waals surface area contributed by atoms with Gasteiger partial charge in [0.1, 0.15) is 29.1 Å². The van der Waals surface area contributed by atoms with Crippen molar-refractivity contribution >= 4 is 28.9 Å². The van der Waals surface area contributed by atoms with Crippen LogP contribution in [0.3, 0.4) is 0 Å². The fourth-order valence-corrected chi connectivity index (χ4v) is 4.83. The maximum atomic E-state index is 14.0. The number of halogens is 1. The lowest BCUT2D eigenvalue weighted by Crippen LogP contribution is -2.32. The van der Waals surface area contributed by atoms with Gasteiger partial charge in [-0.2, -0.15) is 0 Å². The van der Waals surface area contributed by atoms with Crippen molar-refractivity contribution in [1.82, 2.24) is 15.2 Å². The van der Waals surface area contributed by atoms with Gasteiger partial charge in [-0.25, -0.2) is 4.39 Å². The van der Waals surface area contributed by atoms with Gasteiger partial charge in [-0.3, -0.25) is 9.78 Å². The van der Waals surface area contributed by atoms with Crippen LogP contribution in [-0.2, 0) is 4.79 Å². The quantitative estimate of drug-likeness (QED) is 0.262. The third-order valence-corrected chi connectivity index (χ3v) is 6.65. The highest BCUT2D eigenvalue weighted by Gasteiger charge is 2.41. The number of carbonyl (C=O) groups excluding carboxylic acids is 1. The van der Waals surface area contributed by atoms with E-state index in [1.54, 1.807) is 18.3 Å². The van der Waals surface area contributed by atoms with E-state index in [9.17, 15) is 9.18 Å². The van der Waals surface area contributed by atoms with Gasteiger partial charge in [0.2, 0.25) is 5.91 Å². The average Bonchev–Trinajstić information content (AvgIpc) is 3.54. The minimum atomic E-state index is -0.482. The molecule has 1 aliphatic heterocycles. The fourth-order valence-electron chi connectivity index (χ4n) is 4.50. The van der Waals surface area contributed by atoms with Crippen molar-refractivity contribution in [3.05, 3.63) is 102 Å². The number of rotatable bonds is 9. The zero-order chi connectivity index (χ0) is 26.5. The second-order valence-corrected chi connectivity index (χ2v) is 9.14. The molecule has 0 spiro atoms. The lowest BCUT2D eigenvalue weighted by Gasteiger charge is -2.25. The maximum Gasteiger partial charge on any atom is 0.226 e. The van der Waals surface area contributed by atoms with Crippen LogP contribution in [0.15, 0.2) is 89.5 Å². The van der Waals surface area contributed by atoms with Crippen LogP contribution in [0.5, 0.6) is 5.75 Å². The molecule has 194 valence electrons. The van der Waals surface area contributed by atoms with E-state index >= 15 is 0 Å². The molecule has 1 aliphatic rings. The van der Waals surface area contributed by atoms with Crippen molar-refractivity contribution in [3.8, 4) is 17.1 Å². The molecule has 7 nitrogen and oxygen atoms in total. The Balaban J connectivity index is 1.38. The molecule has 2 aromatic carbocycles. The molecule has 1 amide bonds. The summed E-state index contributed by atoms with van der Waals surface area (Å²) < 4.78 is 25.9. The highest BCUT2D eigenvalue weighted by molar-refractivity contribution is 7.80. The molecule has 2 aromatic heterocycles.